The molecule has 3 nitrogen and oxygen atoms in total. The molecule has 1 aliphatic carbocycles. The van der Waals surface area contributed by atoms with E-state index in [1.807, 2.05) is 24.3 Å². The number of aliphatic carboxylic acids is 1. The van der Waals surface area contributed by atoms with Crippen LogP contribution < -0.4 is 0 Å². The van der Waals surface area contributed by atoms with Crippen LogP contribution in [0.25, 0.3) is 0 Å². The fourth-order valence-corrected chi connectivity index (χ4v) is 3.45. The fourth-order valence-electron chi connectivity index (χ4n) is 3.45. The van der Waals surface area contributed by atoms with Gasteiger partial charge in [-0.1, -0.05) is 36.4 Å². The summed E-state index contributed by atoms with van der Waals surface area (Å²) in [5.41, 5.74) is 1.16. The Morgan fingerprint density at radius 1 is 1.30 bits per heavy atom. The van der Waals surface area contributed by atoms with Crippen LogP contribution in [0.3, 0.4) is 0 Å². The SMILES string of the molecule is C=C.C=CCC1(c2ccccc2)CCC(=O)C(CCC(=O)O)C1. The summed E-state index contributed by atoms with van der Waals surface area (Å²) in [5.74, 6) is -0.760. The lowest BCUT2D eigenvalue weighted by molar-refractivity contribution is -0.137. The highest BCUT2D eigenvalue weighted by Gasteiger charge is 2.40. The molecule has 0 saturated heterocycles. The molecule has 2 atom stereocenters. The van der Waals surface area contributed by atoms with E-state index in [1.54, 1.807) is 0 Å². The van der Waals surface area contributed by atoms with Crippen LogP contribution in [0.5, 0.6) is 0 Å². The molecule has 1 aromatic rings. The van der Waals surface area contributed by atoms with E-state index in [0.717, 1.165) is 19.3 Å². The largest absolute Gasteiger partial charge is 0.481 e. The Balaban J connectivity index is 0.00000127. The molecule has 1 N–H and O–H groups in total. The first-order chi connectivity index (χ1) is 11.1. The van der Waals surface area contributed by atoms with Gasteiger partial charge in [0.15, 0.2) is 0 Å². The van der Waals surface area contributed by atoms with E-state index < -0.39 is 5.97 Å². The molecule has 0 spiro atoms. The second-order valence-corrected chi connectivity index (χ2v) is 5.94. The molecule has 0 heterocycles. The summed E-state index contributed by atoms with van der Waals surface area (Å²) in [5, 5.41) is 8.85. The van der Waals surface area contributed by atoms with Crippen molar-refractivity contribution in [2.75, 3.05) is 0 Å². The van der Waals surface area contributed by atoms with Crippen molar-refractivity contribution in [1.82, 2.24) is 0 Å². The van der Waals surface area contributed by atoms with Crippen LogP contribution in [0.1, 0.15) is 44.1 Å². The van der Waals surface area contributed by atoms with Gasteiger partial charge in [0.2, 0.25) is 0 Å². The quantitative estimate of drug-likeness (QED) is 0.784. The second kappa shape index (κ2) is 9.09. The number of carboxylic acids is 1. The van der Waals surface area contributed by atoms with Crippen molar-refractivity contribution >= 4 is 11.8 Å². The topological polar surface area (TPSA) is 54.4 Å². The van der Waals surface area contributed by atoms with Gasteiger partial charge in [0.1, 0.15) is 5.78 Å². The third kappa shape index (κ3) is 4.92. The number of rotatable bonds is 6. The maximum absolute atomic E-state index is 12.1. The zero-order valence-corrected chi connectivity index (χ0v) is 13.7. The lowest BCUT2D eigenvalue weighted by Gasteiger charge is -2.40. The number of hydrogen-bond acceptors (Lipinski definition) is 2. The smallest absolute Gasteiger partial charge is 0.303 e. The summed E-state index contributed by atoms with van der Waals surface area (Å²) in [4.78, 5) is 22.9. The number of carbonyl (C=O) groups excluding carboxylic acids is 1. The molecular weight excluding hydrogens is 288 g/mol. The molecule has 1 aliphatic rings. The van der Waals surface area contributed by atoms with Gasteiger partial charge in [-0.2, -0.15) is 0 Å². The number of hydrogen-bond donors (Lipinski definition) is 1. The van der Waals surface area contributed by atoms with E-state index in [2.05, 4.69) is 31.9 Å². The van der Waals surface area contributed by atoms with Gasteiger partial charge in [0.25, 0.3) is 0 Å². The van der Waals surface area contributed by atoms with Crippen molar-refractivity contribution in [3.63, 3.8) is 0 Å². The number of carboxylic acid groups (broad SMARTS) is 1. The molecule has 1 fully saturated rings. The monoisotopic (exact) mass is 314 g/mol. The predicted molar refractivity (Wildman–Crippen MR) is 93.4 cm³/mol. The van der Waals surface area contributed by atoms with E-state index in [4.69, 9.17) is 5.11 Å². The van der Waals surface area contributed by atoms with Crippen LogP contribution in [-0.4, -0.2) is 16.9 Å². The first kappa shape index (κ1) is 18.9. The highest BCUT2D eigenvalue weighted by molar-refractivity contribution is 5.83. The fraction of sp³-hybridized carbons (Fsp3) is 0.400. The minimum atomic E-state index is -0.831. The Kier molecular flexibility index (Phi) is 7.46. The molecule has 124 valence electrons. The third-order valence-corrected chi connectivity index (χ3v) is 4.57. The predicted octanol–water partition coefficient (Wildman–Crippen LogP) is 4.54. The zero-order valence-electron chi connectivity index (χ0n) is 13.7. The van der Waals surface area contributed by atoms with Crippen LogP contribution >= 0.6 is 0 Å². The van der Waals surface area contributed by atoms with Crippen molar-refractivity contribution in [3.05, 3.63) is 61.7 Å². The number of Topliss-reactive ketones (excluding diaryl/α,β-unsaturated/α-hetero) is 1. The highest BCUT2D eigenvalue weighted by Crippen LogP contribution is 2.44. The molecule has 1 aromatic carbocycles. The Labute approximate surface area is 138 Å². The summed E-state index contributed by atoms with van der Waals surface area (Å²) >= 11 is 0. The minimum Gasteiger partial charge on any atom is -0.481 e. The van der Waals surface area contributed by atoms with Crippen molar-refractivity contribution in [2.24, 2.45) is 5.92 Å². The van der Waals surface area contributed by atoms with Gasteiger partial charge in [0.05, 0.1) is 0 Å². The van der Waals surface area contributed by atoms with Gasteiger partial charge in [-0.3, -0.25) is 9.59 Å². The van der Waals surface area contributed by atoms with Crippen molar-refractivity contribution in [3.8, 4) is 0 Å². The normalized spacial score (nSPS) is 23.5. The van der Waals surface area contributed by atoms with Gasteiger partial charge in [-0.05, 0) is 36.7 Å². The molecule has 3 heteroatoms. The first-order valence-corrected chi connectivity index (χ1v) is 7.98. The van der Waals surface area contributed by atoms with Crippen molar-refractivity contribution in [1.29, 1.82) is 0 Å². The molecule has 23 heavy (non-hydrogen) atoms. The lowest BCUT2D eigenvalue weighted by atomic mass is 9.63. The van der Waals surface area contributed by atoms with Crippen LogP contribution in [0.4, 0.5) is 0 Å². The Bertz CT molecular complexity index is 535. The van der Waals surface area contributed by atoms with Crippen LogP contribution in [-0.2, 0) is 15.0 Å². The van der Waals surface area contributed by atoms with E-state index in [-0.39, 0.29) is 23.5 Å². The van der Waals surface area contributed by atoms with Gasteiger partial charge >= 0.3 is 5.97 Å². The maximum atomic E-state index is 12.1. The summed E-state index contributed by atoms with van der Waals surface area (Å²) in [6.45, 7) is 9.86. The molecular formula is C20H26O3. The second-order valence-electron chi connectivity index (χ2n) is 5.94. The zero-order chi connectivity index (χ0) is 17.3. The number of allylic oxidation sites excluding steroid dienone is 1. The number of benzene rings is 1. The third-order valence-electron chi connectivity index (χ3n) is 4.57. The number of ketones is 1. The van der Waals surface area contributed by atoms with Crippen LogP contribution in [0.2, 0.25) is 0 Å². The molecule has 0 aliphatic heterocycles. The van der Waals surface area contributed by atoms with Gasteiger partial charge in [-0.25, -0.2) is 0 Å². The summed E-state index contributed by atoms with van der Waals surface area (Å²) in [7, 11) is 0. The Morgan fingerprint density at radius 2 is 1.96 bits per heavy atom. The average Bonchev–Trinajstić information content (AvgIpc) is 2.58. The molecule has 0 aromatic heterocycles. The summed E-state index contributed by atoms with van der Waals surface area (Å²) in [6, 6.07) is 10.2. The van der Waals surface area contributed by atoms with Crippen molar-refractivity contribution < 1.29 is 14.7 Å². The van der Waals surface area contributed by atoms with Gasteiger partial charge in [0, 0.05) is 18.8 Å². The summed E-state index contributed by atoms with van der Waals surface area (Å²) < 4.78 is 0. The van der Waals surface area contributed by atoms with E-state index in [0.29, 0.717) is 12.8 Å². The lowest BCUT2D eigenvalue weighted by Crippen LogP contribution is -2.37. The maximum Gasteiger partial charge on any atom is 0.303 e. The summed E-state index contributed by atoms with van der Waals surface area (Å²) in [6.07, 6.45) is 5.34. The first-order valence-electron chi connectivity index (χ1n) is 7.98. The van der Waals surface area contributed by atoms with Crippen LogP contribution in [0.15, 0.2) is 56.1 Å². The highest BCUT2D eigenvalue weighted by atomic mass is 16.4. The van der Waals surface area contributed by atoms with E-state index in [1.165, 1.54) is 5.56 Å². The molecule has 1 saturated carbocycles. The standard InChI is InChI=1S/C18H22O3.C2H4/c1-2-11-18(15-6-4-3-5-7-15)12-10-16(19)14(13-18)8-9-17(20)21;1-2/h2-7,14H,1,8-13H2,(H,20,21);1-2H2. The average molecular weight is 314 g/mol. The molecule has 0 amide bonds. The number of carbonyl (C=O) groups is 2. The van der Waals surface area contributed by atoms with Crippen LogP contribution in [0, 0.1) is 5.92 Å². The molecule has 2 rings (SSSR count). The van der Waals surface area contributed by atoms with E-state index in [9.17, 15) is 9.59 Å². The Hall–Kier alpha value is -2.16. The van der Waals surface area contributed by atoms with Gasteiger partial charge < -0.3 is 5.11 Å². The molecule has 2 unspecified atom stereocenters. The minimum absolute atomic E-state index is 0.0648. The van der Waals surface area contributed by atoms with Crippen molar-refractivity contribution in [2.45, 2.75) is 43.9 Å². The molecule has 0 bridgehead atoms. The molecule has 0 radical (unpaired) electrons. The van der Waals surface area contributed by atoms with Gasteiger partial charge in [-0.15, -0.1) is 19.7 Å². The van der Waals surface area contributed by atoms with E-state index >= 15 is 0 Å². The Morgan fingerprint density at radius 3 is 2.52 bits per heavy atom.